The highest BCUT2D eigenvalue weighted by molar-refractivity contribution is 9.10. The Labute approximate surface area is 74.3 Å². The molecular weight excluding hydrogens is 204 g/mol. The highest BCUT2D eigenvalue weighted by Crippen LogP contribution is 2.11. The molecule has 1 heterocycles. The standard InChI is InChI=1S/C8H9BrN2/c1-6(4-10)8-3-2-7(9)5-11-8/h2-3,5H,1,4,10H2. The molecule has 1 aromatic rings. The van der Waals surface area contributed by atoms with Crippen LogP contribution in [0.15, 0.2) is 29.4 Å². The van der Waals surface area contributed by atoms with E-state index >= 15 is 0 Å². The average Bonchev–Trinajstić information content (AvgIpc) is 2.05. The van der Waals surface area contributed by atoms with E-state index < -0.39 is 0 Å². The van der Waals surface area contributed by atoms with Crippen molar-refractivity contribution in [3.05, 3.63) is 35.1 Å². The molecule has 1 rings (SSSR count). The van der Waals surface area contributed by atoms with E-state index in [1.54, 1.807) is 6.20 Å². The molecule has 58 valence electrons. The summed E-state index contributed by atoms with van der Waals surface area (Å²) in [5.41, 5.74) is 7.11. The minimum atomic E-state index is 0.453. The molecule has 0 unspecified atom stereocenters. The number of halogens is 1. The zero-order chi connectivity index (χ0) is 8.27. The molecule has 0 amide bonds. The molecule has 0 aromatic carbocycles. The predicted molar refractivity (Wildman–Crippen MR) is 50.0 cm³/mol. The Balaban J connectivity index is 2.90. The molecule has 1 aromatic heterocycles. The molecule has 0 radical (unpaired) electrons. The summed E-state index contributed by atoms with van der Waals surface area (Å²) in [4.78, 5) is 4.12. The topological polar surface area (TPSA) is 38.9 Å². The summed E-state index contributed by atoms with van der Waals surface area (Å²) in [5.74, 6) is 0. The molecule has 0 saturated heterocycles. The number of nitrogens with two attached hydrogens (primary N) is 1. The van der Waals surface area contributed by atoms with Crippen molar-refractivity contribution >= 4 is 21.5 Å². The summed E-state index contributed by atoms with van der Waals surface area (Å²) in [6.45, 7) is 4.22. The quantitative estimate of drug-likeness (QED) is 0.813. The van der Waals surface area contributed by atoms with Gasteiger partial charge in [-0.05, 0) is 33.6 Å². The lowest BCUT2D eigenvalue weighted by Gasteiger charge is -1.99. The van der Waals surface area contributed by atoms with Gasteiger partial charge in [-0.25, -0.2) is 0 Å². The summed E-state index contributed by atoms with van der Waals surface area (Å²) >= 11 is 3.29. The van der Waals surface area contributed by atoms with Gasteiger partial charge in [0, 0.05) is 17.2 Å². The molecule has 0 fully saturated rings. The van der Waals surface area contributed by atoms with E-state index in [1.807, 2.05) is 12.1 Å². The first-order valence-corrected chi connectivity index (χ1v) is 4.03. The van der Waals surface area contributed by atoms with Crippen LogP contribution in [0.1, 0.15) is 5.69 Å². The van der Waals surface area contributed by atoms with E-state index in [-0.39, 0.29) is 0 Å². The maximum absolute atomic E-state index is 5.39. The van der Waals surface area contributed by atoms with E-state index in [1.165, 1.54) is 0 Å². The van der Waals surface area contributed by atoms with Crippen molar-refractivity contribution in [1.29, 1.82) is 0 Å². The van der Waals surface area contributed by atoms with Crippen LogP contribution in [0.25, 0.3) is 5.57 Å². The van der Waals surface area contributed by atoms with Crippen LogP contribution in [0.4, 0.5) is 0 Å². The van der Waals surface area contributed by atoms with Gasteiger partial charge in [0.05, 0.1) is 5.69 Å². The van der Waals surface area contributed by atoms with Crippen LogP contribution in [0.5, 0.6) is 0 Å². The molecule has 0 bridgehead atoms. The van der Waals surface area contributed by atoms with E-state index in [4.69, 9.17) is 5.73 Å². The van der Waals surface area contributed by atoms with E-state index in [2.05, 4.69) is 27.5 Å². The number of hydrogen-bond acceptors (Lipinski definition) is 2. The fraction of sp³-hybridized carbons (Fsp3) is 0.125. The van der Waals surface area contributed by atoms with Gasteiger partial charge in [0.1, 0.15) is 0 Å². The maximum Gasteiger partial charge on any atom is 0.0669 e. The van der Waals surface area contributed by atoms with Crippen molar-refractivity contribution in [2.75, 3.05) is 6.54 Å². The molecule has 0 saturated carbocycles. The van der Waals surface area contributed by atoms with Gasteiger partial charge >= 0.3 is 0 Å². The highest BCUT2D eigenvalue weighted by Gasteiger charge is 1.96. The number of nitrogens with zero attached hydrogens (tertiary/aromatic N) is 1. The summed E-state index contributed by atoms with van der Waals surface area (Å²) in [6, 6.07) is 3.81. The third kappa shape index (κ3) is 2.13. The van der Waals surface area contributed by atoms with Gasteiger partial charge in [0.2, 0.25) is 0 Å². The molecule has 0 aliphatic carbocycles. The Bertz CT molecular complexity index is 253. The monoisotopic (exact) mass is 212 g/mol. The number of rotatable bonds is 2. The molecule has 0 aliphatic rings. The van der Waals surface area contributed by atoms with Crippen molar-refractivity contribution in [1.82, 2.24) is 4.98 Å². The van der Waals surface area contributed by atoms with Crippen molar-refractivity contribution in [2.24, 2.45) is 5.73 Å². The van der Waals surface area contributed by atoms with Gasteiger partial charge in [0.15, 0.2) is 0 Å². The summed E-state index contributed by atoms with van der Waals surface area (Å²) < 4.78 is 0.964. The number of hydrogen-bond donors (Lipinski definition) is 1. The number of pyridine rings is 1. The molecule has 3 heteroatoms. The molecule has 2 nitrogen and oxygen atoms in total. The minimum absolute atomic E-state index is 0.453. The van der Waals surface area contributed by atoms with E-state index in [9.17, 15) is 0 Å². The largest absolute Gasteiger partial charge is 0.326 e. The maximum atomic E-state index is 5.39. The second-order valence-electron chi connectivity index (χ2n) is 2.17. The van der Waals surface area contributed by atoms with Gasteiger partial charge in [-0.1, -0.05) is 6.58 Å². The van der Waals surface area contributed by atoms with Crippen LogP contribution < -0.4 is 5.73 Å². The van der Waals surface area contributed by atoms with Crippen LogP contribution in [-0.4, -0.2) is 11.5 Å². The first-order valence-electron chi connectivity index (χ1n) is 3.24. The third-order valence-corrected chi connectivity index (χ3v) is 1.81. The lowest BCUT2D eigenvalue weighted by molar-refractivity contribution is 1.19. The van der Waals surface area contributed by atoms with Gasteiger partial charge < -0.3 is 5.73 Å². The lowest BCUT2D eigenvalue weighted by Crippen LogP contribution is -2.02. The van der Waals surface area contributed by atoms with Crippen molar-refractivity contribution in [3.8, 4) is 0 Å². The molecule has 0 aliphatic heterocycles. The zero-order valence-corrected chi connectivity index (χ0v) is 7.63. The zero-order valence-electron chi connectivity index (χ0n) is 6.05. The summed E-state index contributed by atoms with van der Waals surface area (Å²) in [7, 11) is 0. The Hall–Kier alpha value is -0.670. The fourth-order valence-electron chi connectivity index (χ4n) is 0.690. The lowest BCUT2D eigenvalue weighted by atomic mass is 10.2. The first kappa shape index (κ1) is 8.43. The molecule has 2 N–H and O–H groups in total. The van der Waals surface area contributed by atoms with Crippen LogP contribution in [0.2, 0.25) is 0 Å². The fourth-order valence-corrected chi connectivity index (χ4v) is 0.924. The smallest absolute Gasteiger partial charge is 0.0669 e. The van der Waals surface area contributed by atoms with Crippen LogP contribution in [-0.2, 0) is 0 Å². The van der Waals surface area contributed by atoms with Crippen molar-refractivity contribution in [2.45, 2.75) is 0 Å². The van der Waals surface area contributed by atoms with Crippen molar-refractivity contribution in [3.63, 3.8) is 0 Å². The van der Waals surface area contributed by atoms with Gasteiger partial charge in [-0.2, -0.15) is 0 Å². The van der Waals surface area contributed by atoms with E-state index in [0.29, 0.717) is 6.54 Å². The van der Waals surface area contributed by atoms with Gasteiger partial charge in [-0.3, -0.25) is 4.98 Å². The van der Waals surface area contributed by atoms with Gasteiger partial charge in [-0.15, -0.1) is 0 Å². The Morgan fingerprint density at radius 3 is 2.82 bits per heavy atom. The Morgan fingerprint density at radius 2 is 2.36 bits per heavy atom. The summed E-state index contributed by atoms with van der Waals surface area (Å²) in [5, 5.41) is 0. The molecule has 0 spiro atoms. The molecule has 11 heavy (non-hydrogen) atoms. The number of aromatic nitrogens is 1. The second kappa shape index (κ2) is 3.64. The summed E-state index contributed by atoms with van der Waals surface area (Å²) in [6.07, 6.45) is 1.73. The van der Waals surface area contributed by atoms with Crippen LogP contribution >= 0.6 is 15.9 Å². The SMILES string of the molecule is C=C(CN)c1ccc(Br)cn1. The highest BCUT2D eigenvalue weighted by atomic mass is 79.9. The first-order chi connectivity index (χ1) is 5.24. The van der Waals surface area contributed by atoms with Crippen LogP contribution in [0, 0.1) is 0 Å². The normalized spacial score (nSPS) is 9.64. The average molecular weight is 213 g/mol. The minimum Gasteiger partial charge on any atom is -0.326 e. The van der Waals surface area contributed by atoms with Crippen LogP contribution in [0.3, 0.4) is 0 Å². The second-order valence-corrected chi connectivity index (χ2v) is 3.09. The van der Waals surface area contributed by atoms with Crippen molar-refractivity contribution < 1.29 is 0 Å². The molecule has 0 atom stereocenters. The third-order valence-electron chi connectivity index (χ3n) is 1.34. The van der Waals surface area contributed by atoms with E-state index in [0.717, 1.165) is 15.7 Å². The predicted octanol–water partition coefficient (Wildman–Crippen LogP) is 1.82. The van der Waals surface area contributed by atoms with Gasteiger partial charge in [0.25, 0.3) is 0 Å². The Morgan fingerprint density at radius 1 is 1.64 bits per heavy atom. The molecular formula is C8H9BrN2. The Kier molecular flexibility index (Phi) is 2.79.